The van der Waals surface area contributed by atoms with Gasteiger partial charge in [-0.25, -0.2) is 9.18 Å². The van der Waals surface area contributed by atoms with E-state index in [2.05, 4.69) is 21.7 Å². The van der Waals surface area contributed by atoms with Gasteiger partial charge in [0.25, 0.3) is 5.56 Å². The van der Waals surface area contributed by atoms with E-state index in [-0.39, 0.29) is 67.0 Å². The number of pyridine rings is 1. The molecule has 0 radical (unpaired) electrons. The van der Waals surface area contributed by atoms with Crippen molar-refractivity contribution >= 4 is 17.7 Å². The van der Waals surface area contributed by atoms with Crippen LogP contribution >= 0.6 is 0 Å². The van der Waals surface area contributed by atoms with E-state index in [1.54, 1.807) is 28.0 Å². The Kier molecular flexibility index (Phi) is 9.62. The van der Waals surface area contributed by atoms with Crippen molar-refractivity contribution in [3.05, 3.63) is 57.6 Å². The van der Waals surface area contributed by atoms with E-state index in [9.17, 15) is 18.8 Å². The lowest BCUT2D eigenvalue weighted by Crippen LogP contribution is -2.64. The Morgan fingerprint density at radius 3 is 2.50 bits per heavy atom. The van der Waals surface area contributed by atoms with E-state index >= 15 is 0 Å². The number of hydrogen-bond donors (Lipinski definition) is 1. The smallest absolute Gasteiger partial charge is 0.410 e. The number of ether oxygens (including phenoxy) is 3. The number of amides is 2. The Bertz CT molecular complexity index is 1390. The van der Waals surface area contributed by atoms with E-state index < -0.39 is 5.60 Å². The van der Waals surface area contributed by atoms with Crippen LogP contribution in [0, 0.1) is 5.82 Å². The average molecular weight is 614 g/mol. The van der Waals surface area contributed by atoms with Crippen molar-refractivity contribution < 1.29 is 28.2 Å². The molecule has 240 valence electrons. The third-order valence-electron chi connectivity index (χ3n) is 8.39. The van der Waals surface area contributed by atoms with Gasteiger partial charge in [0, 0.05) is 56.3 Å². The van der Waals surface area contributed by atoms with Crippen LogP contribution in [0.25, 0.3) is 0 Å². The highest BCUT2D eigenvalue weighted by Gasteiger charge is 2.39. The molecule has 3 aliphatic rings. The highest BCUT2D eigenvalue weighted by Crippen LogP contribution is 2.30. The normalized spacial score (nSPS) is 23.2. The topological polar surface area (TPSA) is 108 Å². The minimum atomic E-state index is -0.613. The molecule has 4 heterocycles. The number of carbonyl (C=O) groups is 2. The van der Waals surface area contributed by atoms with Crippen LogP contribution in [0.2, 0.25) is 0 Å². The fraction of sp³-hybridized carbons (Fsp3) is 0.594. The molecule has 0 saturated carbocycles. The van der Waals surface area contributed by atoms with E-state index in [1.807, 2.05) is 27.7 Å². The van der Waals surface area contributed by atoms with Crippen molar-refractivity contribution in [1.82, 2.24) is 19.7 Å². The van der Waals surface area contributed by atoms with Crippen LogP contribution in [0.5, 0.6) is 5.88 Å². The van der Waals surface area contributed by atoms with Gasteiger partial charge in [0.05, 0.1) is 26.3 Å². The van der Waals surface area contributed by atoms with Gasteiger partial charge >= 0.3 is 6.09 Å². The summed E-state index contributed by atoms with van der Waals surface area (Å²) in [6.45, 7) is 14.1. The number of rotatable bonds is 6. The van der Waals surface area contributed by atoms with Crippen LogP contribution in [0.3, 0.4) is 0 Å². The summed E-state index contributed by atoms with van der Waals surface area (Å²) in [4.78, 5) is 50.7. The Balaban J connectivity index is 1.36. The Hall–Kier alpha value is -3.48. The number of hydrogen-bond acceptors (Lipinski definition) is 8. The molecule has 5 rings (SSSR count). The SMILES string of the molecule is C[C@@H]1COCCN1C[C@H]1CN(C(=O)OC(C)(C)C)[C@H](C)CN1CC(=O)N1CCOc2[nH]c(=O)c(Cc3ccc(F)cc3)cc21. The number of piperazine rings is 1. The number of aromatic nitrogens is 1. The lowest BCUT2D eigenvalue weighted by atomic mass is 10.0. The predicted molar refractivity (Wildman–Crippen MR) is 164 cm³/mol. The molecule has 3 aliphatic heterocycles. The number of morpholine rings is 1. The molecule has 2 amide bonds. The molecule has 2 fully saturated rings. The first-order valence-corrected chi connectivity index (χ1v) is 15.4. The van der Waals surface area contributed by atoms with Crippen LogP contribution in [-0.4, -0.2) is 114 Å². The van der Waals surface area contributed by atoms with Gasteiger partial charge in [-0.05, 0) is 58.4 Å². The van der Waals surface area contributed by atoms with Gasteiger partial charge in [0.15, 0.2) is 0 Å². The molecule has 1 N–H and O–H groups in total. The van der Waals surface area contributed by atoms with Crippen molar-refractivity contribution in [2.24, 2.45) is 0 Å². The molecule has 1 aromatic carbocycles. The summed E-state index contributed by atoms with van der Waals surface area (Å²) in [7, 11) is 0. The minimum absolute atomic E-state index is 0.103. The zero-order valence-corrected chi connectivity index (χ0v) is 26.3. The number of H-pyrrole nitrogens is 1. The summed E-state index contributed by atoms with van der Waals surface area (Å²) in [5, 5.41) is 0. The van der Waals surface area contributed by atoms with Crippen molar-refractivity contribution in [2.75, 3.05) is 64.0 Å². The maximum Gasteiger partial charge on any atom is 0.410 e. The summed E-state index contributed by atoms with van der Waals surface area (Å²) in [5.74, 6) is -0.201. The second kappa shape index (κ2) is 13.3. The molecule has 0 unspecified atom stereocenters. The number of nitrogens with one attached hydrogen (secondary N) is 1. The average Bonchev–Trinajstić information content (AvgIpc) is 2.95. The molecule has 11 nitrogen and oxygen atoms in total. The number of anilines is 1. The summed E-state index contributed by atoms with van der Waals surface area (Å²) in [6, 6.07) is 7.65. The summed E-state index contributed by atoms with van der Waals surface area (Å²) >= 11 is 0. The van der Waals surface area contributed by atoms with Crippen LogP contribution in [0.4, 0.5) is 14.9 Å². The molecule has 2 aromatic rings. The van der Waals surface area contributed by atoms with Gasteiger partial charge in [-0.2, -0.15) is 0 Å². The molecule has 0 spiro atoms. The lowest BCUT2D eigenvalue weighted by Gasteiger charge is -2.47. The van der Waals surface area contributed by atoms with E-state index in [0.29, 0.717) is 50.6 Å². The molecular formula is C32H44FN5O6. The third-order valence-corrected chi connectivity index (χ3v) is 8.39. The van der Waals surface area contributed by atoms with E-state index in [0.717, 1.165) is 12.1 Å². The van der Waals surface area contributed by atoms with Crippen molar-refractivity contribution in [1.29, 1.82) is 0 Å². The summed E-state index contributed by atoms with van der Waals surface area (Å²) in [6.07, 6.45) is -0.0646. The molecule has 44 heavy (non-hydrogen) atoms. The molecule has 3 atom stereocenters. The maximum atomic E-state index is 14.0. The fourth-order valence-electron chi connectivity index (χ4n) is 6.04. The lowest BCUT2D eigenvalue weighted by molar-refractivity contribution is -0.122. The Morgan fingerprint density at radius 2 is 1.80 bits per heavy atom. The zero-order chi connectivity index (χ0) is 31.6. The Morgan fingerprint density at radius 1 is 1.05 bits per heavy atom. The zero-order valence-electron chi connectivity index (χ0n) is 26.3. The fourth-order valence-corrected chi connectivity index (χ4v) is 6.04. The van der Waals surface area contributed by atoms with E-state index in [1.165, 1.54) is 12.1 Å². The first-order valence-electron chi connectivity index (χ1n) is 15.4. The second-order valence-electron chi connectivity index (χ2n) is 13.0. The quantitative estimate of drug-likeness (QED) is 0.530. The number of benzene rings is 1. The van der Waals surface area contributed by atoms with Gasteiger partial charge in [0.2, 0.25) is 11.8 Å². The summed E-state index contributed by atoms with van der Waals surface area (Å²) in [5.41, 5.74) is 0.824. The standard InChI is InChI=1S/C32H44FN5O6/c1-21-16-36(26(17-35-10-12-42-20-22(35)2)18-38(21)31(41)44-32(3,4)5)19-28(39)37-11-13-43-30-27(37)15-24(29(40)34-30)14-23-6-8-25(33)9-7-23/h6-9,15,21-22,26H,10-14,16-20H2,1-5H3,(H,34,40)/t21-,22-,26+/m1/s1. The van der Waals surface area contributed by atoms with Crippen LogP contribution in [0.1, 0.15) is 45.7 Å². The molecular weight excluding hydrogens is 569 g/mol. The molecule has 0 aliphatic carbocycles. The van der Waals surface area contributed by atoms with Gasteiger partial charge < -0.3 is 24.0 Å². The summed E-state index contributed by atoms with van der Waals surface area (Å²) < 4.78 is 30.5. The van der Waals surface area contributed by atoms with Gasteiger partial charge in [0.1, 0.15) is 23.7 Å². The Labute approximate surface area is 257 Å². The maximum absolute atomic E-state index is 14.0. The number of halogens is 1. The van der Waals surface area contributed by atoms with E-state index in [4.69, 9.17) is 14.2 Å². The number of nitrogens with zero attached hydrogens (tertiary/aromatic N) is 4. The largest absolute Gasteiger partial charge is 0.476 e. The minimum Gasteiger partial charge on any atom is -0.476 e. The van der Waals surface area contributed by atoms with Crippen molar-refractivity contribution in [3.8, 4) is 5.88 Å². The number of fused-ring (bicyclic) bond motifs is 1. The number of aromatic amines is 1. The molecule has 0 bridgehead atoms. The van der Waals surface area contributed by atoms with Crippen LogP contribution < -0.4 is 15.2 Å². The number of carbonyl (C=O) groups excluding carboxylic acids is 2. The van der Waals surface area contributed by atoms with Crippen LogP contribution in [0.15, 0.2) is 35.1 Å². The van der Waals surface area contributed by atoms with Crippen LogP contribution in [-0.2, 0) is 20.7 Å². The van der Waals surface area contributed by atoms with Crippen molar-refractivity contribution in [3.63, 3.8) is 0 Å². The first-order chi connectivity index (χ1) is 20.9. The third kappa shape index (κ3) is 7.59. The second-order valence-corrected chi connectivity index (χ2v) is 13.0. The van der Waals surface area contributed by atoms with Gasteiger partial charge in [-0.15, -0.1) is 0 Å². The highest BCUT2D eigenvalue weighted by atomic mass is 19.1. The molecule has 1 aromatic heterocycles. The van der Waals surface area contributed by atoms with Crippen molar-refractivity contribution in [2.45, 2.75) is 64.8 Å². The molecule has 12 heteroatoms. The van der Waals surface area contributed by atoms with Gasteiger partial charge in [-0.3, -0.25) is 24.4 Å². The predicted octanol–water partition coefficient (Wildman–Crippen LogP) is 2.86. The van der Waals surface area contributed by atoms with Gasteiger partial charge in [-0.1, -0.05) is 12.1 Å². The first kappa shape index (κ1) is 31.9. The monoisotopic (exact) mass is 613 g/mol. The molecule has 2 saturated heterocycles. The highest BCUT2D eigenvalue weighted by molar-refractivity contribution is 5.96.